The molecule has 2 nitrogen and oxygen atoms in total. The number of fused-ring (bicyclic) bond motifs is 6. The topological polar surface area (TPSA) is 9.86 Å². The van der Waals surface area contributed by atoms with Gasteiger partial charge in [0.05, 0.1) is 22.1 Å². The zero-order valence-electron chi connectivity index (χ0n) is 30.7. The fourth-order valence-corrected chi connectivity index (χ4v) is 8.82. The number of hydrogen-bond donors (Lipinski definition) is 0. The molecule has 0 N–H and O–H groups in total. The monoisotopic (exact) mass is 712 g/mol. The molecule has 56 heavy (non-hydrogen) atoms. The van der Waals surface area contributed by atoms with Crippen LogP contribution >= 0.6 is 0 Å². The number of aromatic nitrogens is 2. The highest BCUT2D eigenvalue weighted by Gasteiger charge is 2.21. The van der Waals surface area contributed by atoms with E-state index in [0.717, 1.165) is 11.4 Å². The Labute approximate surface area is 325 Å². The van der Waals surface area contributed by atoms with Gasteiger partial charge >= 0.3 is 0 Å². The summed E-state index contributed by atoms with van der Waals surface area (Å²) in [6.07, 6.45) is 0. The van der Waals surface area contributed by atoms with Crippen LogP contribution in [0.3, 0.4) is 0 Å². The van der Waals surface area contributed by atoms with Gasteiger partial charge in [0.2, 0.25) is 0 Å². The second kappa shape index (κ2) is 13.2. The summed E-state index contributed by atoms with van der Waals surface area (Å²) in [5.41, 5.74) is 16.7. The first-order chi connectivity index (χ1) is 27.8. The van der Waals surface area contributed by atoms with Crippen LogP contribution in [0.2, 0.25) is 0 Å². The first-order valence-electron chi connectivity index (χ1n) is 19.3. The maximum Gasteiger partial charge on any atom is 0.0547 e. The van der Waals surface area contributed by atoms with Gasteiger partial charge in [-0.15, -0.1) is 0 Å². The molecule has 0 saturated carbocycles. The van der Waals surface area contributed by atoms with Crippen molar-refractivity contribution in [3.8, 4) is 55.9 Å². The first kappa shape index (κ1) is 32.0. The summed E-state index contributed by atoms with van der Waals surface area (Å²) in [5, 5.41) is 4.98. The van der Waals surface area contributed by atoms with Crippen LogP contribution in [0.1, 0.15) is 0 Å². The number of para-hydroxylation sites is 1. The van der Waals surface area contributed by atoms with Gasteiger partial charge in [-0.05, 0) is 99.1 Å². The molecule has 262 valence electrons. The molecule has 0 fully saturated rings. The largest absolute Gasteiger partial charge is 0.309 e. The minimum atomic E-state index is 1.13. The number of nitrogens with zero attached hydrogens (tertiary/aromatic N) is 2. The van der Waals surface area contributed by atoms with Crippen molar-refractivity contribution < 1.29 is 0 Å². The Balaban J connectivity index is 1.22. The molecule has 0 aliphatic carbocycles. The molecule has 11 rings (SSSR count). The first-order valence-corrected chi connectivity index (χ1v) is 19.3. The van der Waals surface area contributed by atoms with Crippen LogP contribution in [-0.2, 0) is 0 Å². The van der Waals surface area contributed by atoms with Gasteiger partial charge in [0.15, 0.2) is 0 Å². The summed E-state index contributed by atoms with van der Waals surface area (Å²) in [6.45, 7) is 0. The molecule has 0 atom stereocenters. The fraction of sp³-hybridized carbons (Fsp3) is 0. The Morgan fingerprint density at radius 3 is 1.21 bits per heavy atom. The highest BCUT2D eigenvalue weighted by atomic mass is 15.0. The third-order valence-electron chi connectivity index (χ3n) is 11.3. The van der Waals surface area contributed by atoms with E-state index in [0.29, 0.717) is 0 Å². The number of rotatable bonds is 6. The SMILES string of the molecule is c1ccc(-c2cc(-c3ccccc3)cc(-n3c4ccc(-n5c6ccccc6c6c(-c7ccccc7)cccc65)cc4c4c(-c5ccccc5)cccc43)c2)cc1. The van der Waals surface area contributed by atoms with Gasteiger partial charge in [-0.25, -0.2) is 0 Å². The van der Waals surface area contributed by atoms with Crippen LogP contribution in [0.4, 0.5) is 0 Å². The predicted octanol–water partition coefficient (Wildman–Crippen LogP) is 14.5. The predicted molar refractivity (Wildman–Crippen MR) is 237 cm³/mol. The van der Waals surface area contributed by atoms with E-state index in [9.17, 15) is 0 Å². The maximum absolute atomic E-state index is 2.47. The van der Waals surface area contributed by atoms with Crippen LogP contribution < -0.4 is 0 Å². The minimum absolute atomic E-state index is 1.13. The van der Waals surface area contributed by atoms with Gasteiger partial charge in [0, 0.05) is 32.9 Å². The summed E-state index contributed by atoms with van der Waals surface area (Å²) in [5.74, 6) is 0. The van der Waals surface area contributed by atoms with Gasteiger partial charge in [-0.2, -0.15) is 0 Å². The van der Waals surface area contributed by atoms with Crippen molar-refractivity contribution in [3.05, 3.63) is 218 Å². The van der Waals surface area contributed by atoms with Crippen LogP contribution in [0.15, 0.2) is 218 Å². The average molecular weight is 713 g/mol. The molecule has 0 saturated heterocycles. The summed E-state index contributed by atoms with van der Waals surface area (Å²) < 4.78 is 4.92. The van der Waals surface area contributed by atoms with E-state index >= 15 is 0 Å². The van der Waals surface area contributed by atoms with Gasteiger partial charge in [0.1, 0.15) is 0 Å². The van der Waals surface area contributed by atoms with E-state index in [-0.39, 0.29) is 0 Å². The van der Waals surface area contributed by atoms with Crippen LogP contribution in [0.25, 0.3) is 99.5 Å². The zero-order valence-corrected chi connectivity index (χ0v) is 30.7. The molecular weight excluding hydrogens is 677 g/mol. The van der Waals surface area contributed by atoms with Crippen LogP contribution in [0, 0.1) is 0 Å². The second-order valence-corrected chi connectivity index (χ2v) is 14.5. The summed E-state index contributed by atoms with van der Waals surface area (Å²) >= 11 is 0. The lowest BCUT2D eigenvalue weighted by Gasteiger charge is -2.14. The molecule has 0 aliphatic heterocycles. The molecule has 0 amide bonds. The summed E-state index contributed by atoms with van der Waals surface area (Å²) in [6, 6.07) is 79.4. The van der Waals surface area contributed by atoms with Crippen molar-refractivity contribution in [2.24, 2.45) is 0 Å². The molecule has 0 aliphatic rings. The number of benzene rings is 9. The molecular formula is C54H36N2. The Morgan fingerprint density at radius 1 is 0.232 bits per heavy atom. The van der Waals surface area contributed by atoms with E-state index in [1.807, 2.05) is 0 Å². The maximum atomic E-state index is 2.47. The van der Waals surface area contributed by atoms with Gasteiger partial charge < -0.3 is 9.13 Å². The molecule has 2 heteroatoms. The van der Waals surface area contributed by atoms with Crippen molar-refractivity contribution in [1.82, 2.24) is 9.13 Å². The number of hydrogen-bond acceptors (Lipinski definition) is 0. The van der Waals surface area contributed by atoms with Gasteiger partial charge in [-0.1, -0.05) is 164 Å². The van der Waals surface area contributed by atoms with Crippen molar-refractivity contribution in [1.29, 1.82) is 0 Å². The molecule has 0 unspecified atom stereocenters. The standard InChI is InChI=1S/C54H36N2/c1-5-17-37(18-6-1)41-33-42(38-19-7-2-8-20-38)35-44(34-41)56-50-32-31-43(36-48(50)54-46(27-16-30-52(54)56)40-23-11-4-12-24-40)55-49-28-14-13-25-47(49)53-45(26-15-29-51(53)55)39-21-9-3-10-22-39/h1-36H. The minimum Gasteiger partial charge on any atom is -0.309 e. The Kier molecular flexibility index (Phi) is 7.53. The smallest absolute Gasteiger partial charge is 0.0547 e. The van der Waals surface area contributed by atoms with Crippen molar-refractivity contribution in [3.63, 3.8) is 0 Å². The highest BCUT2D eigenvalue weighted by molar-refractivity contribution is 6.18. The average Bonchev–Trinajstić information content (AvgIpc) is 3.80. The van der Waals surface area contributed by atoms with E-state index in [1.54, 1.807) is 0 Å². The molecule has 2 aromatic heterocycles. The van der Waals surface area contributed by atoms with Gasteiger partial charge in [-0.3, -0.25) is 0 Å². The summed E-state index contributed by atoms with van der Waals surface area (Å²) in [4.78, 5) is 0. The van der Waals surface area contributed by atoms with Crippen molar-refractivity contribution in [2.75, 3.05) is 0 Å². The van der Waals surface area contributed by atoms with E-state index < -0.39 is 0 Å². The molecule has 0 radical (unpaired) electrons. The normalized spacial score (nSPS) is 11.6. The molecule has 0 spiro atoms. The second-order valence-electron chi connectivity index (χ2n) is 14.5. The Bertz CT molecular complexity index is 3150. The third kappa shape index (κ3) is 5.19. The molecule has 2 heterocycles. The molecule has 0 bridgehead atoms. The lowest BCUT2D eigenvalue weighted by atomic mass is 9.98. The Morgan fingerprint density at radius 2 is 0.661 bits per heavy atom. The third-order valence-corrected chi connectivity index (χ3v) is 11.3. The van der Waals surface area contributed by atoms with E-state index in [2.05, 4.69) is 228 Å². The van der Waals surface area contributed by atoms with Crippen molar-refractivity contribution in [2.45, 2.75) is 0 Å². The highest BCUT2D eigenvalue weighted by Crippen LogP contribution is 2.43. The van der Waals surface area contributed by atoms with Crippen LogP contribution in [0.5, 0.6) is 0 Å². The molecule has 9 aromatic carbocycles. The quantitative estimate of drug-likeness (QED) is 0.162. The lowest BCUT2D eigenvalue weighted by Crippen LogP contribution is -1.97. The molecule has 11 aromatic rings. The van der Waals surface area contributed by atoms with E-state index in [4.69, 9.17) is 0 Å². The van der Waals surface area contributed by atoms with E-state index in [1.165, 1.54) is 88.1 Å². The fourth-order valence-electron chi connectivity index (χ4n) is 8.82. The zero-order chi connectivity index (χ0) is 37.0. The summed E-state index contributed by atoms with van der Waals surface area (Å²) in [7, 11) is 0. The van der Waals surface area contributed by atoms with Crippen LogP contribution in [-0.4, -0.2) is 9.13 Å². The Hall–Kier alpha value is -7.42. The lowest BCUT2D eigenvalue weighted by molar-refractivity contribution is 1.17. The van der Waals surface area contributed by atoms with Crippen molar-refractivity contribution >= 4 is 43.6 Å². The van der Waals surface area contributed by atoms with Gasteiger partial charge in [0.25, 0.3) is 0 Å².